The molecule has 0 amide bonds. The number of nitrogens with zero attached hydrogens (tertiary/aromatic N) is 2. The molecule has 1 fully saturated rings. The summed E-state index contributed by atoms with van der Waals surface area (Å²) in [4.78, 5) is 0. The first-order chi connectivity index (χ1) is 6.71. The lowest BCUT2D eigenvalue weighted by Gasteiger charge is -2.06. The van der Waals surface area contributed by atoms with Gasteiger partial charge >= 0.3 is 0 Å². The first kappa shape index (κ1) is 8.44. The number of rotatable bonds is 1. The Hall–Kier alpha value is -0.870. The minimum Gasteiger partial charge on any atom is -0.321 e. The van der Waals surface area contributed by atoms with E-state index in [1.807, 2.05) is 29.0 Å². The van der Waals surface area contributed by atoms with Crippen molar-refractivity contribution in [3.63, 3.8) is 0 Å². The van der Waals surface area contributed by atoms with Crippen molar-refractivity contribution in [2.24, 2.45) is 5.73 Å². The number of pyridine rings is 1. The molecule has 14 heavy (non-hydrogen) atoms. The molecule has 72 valence electrons. The van der Waals surface area contributed by atoms with Crippen molar-refractivity contribution < 1.29 is 0 Å². The molecule has 4 heteroatoms. The number of aromatic nitrogens is 2. The van der Waals surface area contributed by atoms with E-state index >= 15 is 0 Å². The van der Waals surface area contributed by atoms with Crippen molar-refractivity contribution in [3.05, 3.63) is 34.6 Å². The minimum absolute atomic E-state index is 0.119. The van der Waals surface area contributed by atoms with Crippen molar-refractivity contribution in [3.8, 4) is 0 Å². The van der Waals surface area contributed by atoms with Gasteiger partial charge in [0.1, 0.15) is 0 Å². The molecule has 2 aromatic heterocycles. The van der Waals surface area contributed by atoms with Gasteiger partial charge in [-0.2, -0.15) is 5.10 Å². The monoisotopic (exact) mass is 251 g/mol. The fourth-order valence-corrected chi connectivity index (χ4v) is 2.32. The maximum absolute atomic E-state index is 6.17. The van der Waals surface area contributed by atoms with Crippen LogP contribution in [-0.2, 0) is 5.54 Å². The highest BCUT2D eigenvalue weighted by Gasteiger charge is 2.42. The number of hydrogen-bond donors (Lipinski definition) is 1. The molecule has 3 nitrogen and oxygen atoms in total. The zero-order valence-corrected chi connectivity index (χ0v) is 9.16. The molecule has 2 heterocycles. The third-order valence-electron chi connectivity index (χ3n) is 2.82. The molecule has 0 bridgehead atoms. The van der Waals surface area contributed by atoms with Crippen molar-refractivity contribution in [2.45, 2.75) is 18.4 Å². The Morgan fingerprint density at radius 3 is 3.00 bits per heavy atom. The summed E-state index contributed by atoms with van der Waals surface area (Å²) in [6, 6.07) is 3.98. The standard InChI is InChI=1S/C10H10BrN3/c11-8-2-1-5-14-9(8)7(6-13-14)10(12)3-4-10/h1-2,5-6H,3-4,12H2. The highest BCUT2D eigenvalue weighted by atomic mass is 79.9. The van der Waals surface area contributed by atoms with Crippen LogP contribution in [0.1, 0.15) is 18.4 Å². The summed E-state index contributed by atoms with van der Waals surface area (Å²) in [7, 11) is 0. The van der Waals surface area contributed by atoms with Gasteiger partial charge in [0, 0.05) is 21.8 Å². The number of hydrogen-bond acceptors (Lipinski definition) is 2. The fourth-order valence-electron chi connectivity index (χ4n) is 1.77. The average Bonchev–Trinajstić information content (AvgIpc) is 2.77. The number of fused-ring (bicyclic) bond motifs is 1. The molecule has 2 N–H and O–H groups in total. The summed E-state index contributed by atoms with van der Waals surface area (Å²) >= 11 is 3.53. The van der Waals surface area contributed by atoms with Gasteiger partial charge in [-0.3, -0.25) is 0 Å². The summed E-state index contributed by atoms with van der Waals surface area (Å²) < 4.78 is 2.93. The van der Waals surface area contributed by atoms with Crippen LogP contribution < -0.4 is 5.73 Å². The van der Waals surface area contributed by atoms with Gasteiger partial charge in [0.25, 0.3) is 0 Å². The molecule has 3 rings (SSSR count). The Balaban J connectivity index is 2.35. The van der Waals surface area contributed by atoms with Gasteiger partial charge in [-0.15, -0.1) is 0 Å². The van der Waals surface area contributed by atoms with E-state index in [9.17, 15) is 0 Å². The second-order valence-corrected chi connectivity index (χ2v) is 4.72. The molecule has 0 aromatic carbocycles. The van der Waals surface area contributed by atoms with Crippen molar-refractivity contribution >= 4 is 21.4 Å². The fraction of sp³-hybridized carbons (Fsp3) is 0.300. The zero-order chi connectivity index (χ0) is 9.76. The number of halogens is 1. The molecular weight excluding hydrogens is 242 g/mol. The topological polar surface area (TPSA) is 43.3 Å². The summed E-state index contributed by atoms with van der Waals surface area (Å²) in [5.41, 5.74) is 8.32. The highest BCUT2D eigenvalue weighted by Crippen LogP contribution is 2.45. The first-order valence-electron chi connectivity index (χ1n) is 4.62. The van der Waals surface area contributed by atoms with Crippen LogP contribution in [-0.4, -0.2) is 9.61 Å². The number of nitrogens with two attached hydrogens (primary N) is 1. The highest BCUT2D eigenvalue weighted by molar-refractivity contribution is 9.10. The summed E-state index contributed by atoms with van der Waals surface area (Å²) in [5, 5.41) is 4.29. The van der Waals surface area contributed by atoms with E-state index in [2.05, 4.69) is 21.0 Å². The van der Waals surface area contributed by atoms with E-state index in [-0.39, 0.29) is 5.54 Å². The Bertz CT molecular complexity index is 499. The average molecular weight is 252 g/mol. The van der Waals surface area contributed by atoms with E-state index in [4.69, 9.17) is 5.73 Å². The lowest BCUT2D eigenvalue weighted by molar-refractivity contribution is 0.747. The minimum atomic E-state index is -0.119. The molecular formula is C10H10BrN3. The maximum Gasteiger partial charge on any atom is 0.0854 e. The SMILES string of the molecule is NC1(c2cnn3cccc(Br)c23)CC1. The van der Waals surface area contributed by atoms with Gasteiger partial charge in [-0.1, -0.05) is 0 Å². The van der Waals surface area contributed by atoms with Crippen molar-refractivity contribution in [1.29, 1.82) is 0 Å². The molecule has 0 spiro atoms. The molecule has 1 saturated carbocycles. The Morgan fingerprint density at radius 1 is 1.50 bits per heavy atom. The largest absolute Gasteiger partial charge is 0.321 e. The van der Waals surface area contributed by atoms with E-state index in [1.165, 1.54) is 0 Å². The third-order valence-corrected chi connectivity index (χ3v) is 3.46. The Morgan fingerprint density at radius 2 is 2.29 bits per heavy atom. The summed E-state index contributed by atoms with van der Waals surface area (Å²) in [6.07, 6.45) is 5.95. The first-order valence-corrected chi connectivity index (χ1v) is 5.41. The molecule has 0 atom stereocenters. The van der Waals surface area contributed by atoms with Crippen LogP contribution in [0.2, 0.25) is 0 Å². The molecule has 0 unspecified atom stereocenters. The smallest absolute Gasteiger partial charge is 0.0854 e. The van der Waals surface area contributed by atoms with E-state index in [0.717, 1.165) is 28.4 Å². The summed E-state index contributed by atoms with van der Waals surface area (Å²) in [6.45, 7) is 0. The van der Waals surface area contributed by atoms with Crippen LogP contribution in [0.5, 0.6) is 0 Å². The lowest BCUT2D eigenvalue weighted by atomic mass is 10.1. The maximum atomic E-state index is 6.17. The van der Waals surface area contributed by atoms with E-state index < -0.39 is 0 Å². The van der Waals surface area contributed by atoms with Gasteiger partial charge in [0.05, 0.1) is 11.7 Å². The summed E-state index contributed by atoms with van der Waals surface area (Å²) in [5.74, 6) is 0. The van der Waals surface area contributed by atoms with Crippen LogP contribution in [0.3, 0.4) is 0 Å². The molecule has 0 aliphatic heterocycles. The van der Waals surface area contributed by atoms with Crippen LogP contribution in [0.15, 0.2) is 29.0 Å². The predicted octanol–water partition coefficient (Wildman–Crippen LogP) is 2.04. The Kier molecular flexibility index (Phi) is 1.56. The van der Waals surface area contributed by atoms with Gasteiger partial charge in [-0.05, 0) is 40.9 Å². The van der Waals surface area contributed by atoms with Gasteiger partial charge in [-0.25, -0.2) is 4.52 Å². The molecule has 1 aliphatic carbocycles. The van der Waals surface area contributed by atoms with E-state index in [0.29, 0.717) is 0 Å². The van der Waals surface area contributed by atoms with Crippen LogP contribution in [0.25, 0.3) is 5.52 Å². The van der Waals surface area contributed by atoms with Gasteiger partial charge in [0.2, 0.25) is 0 Å². The normalized spacial score (nSPS) is 18.7. The molecule has 0 saturated heterocycles. The molecule has 0 radical (unpaired) electrons. The second kappa shape index (κ2) is 2.58. The van der Waals surface area contributed by atoms with Crippen molar-refractivity contribution in [2.75, 3.05) is 0 Å². The van der Waals surface area contributed by atoms with Crippen LogP contribution in [0.4, 0.5) is 0 Å². The zero-order valence-electron chi connectivity index (χ0n) is 7.57. The second-order valence-electron chi connectivity index (χ2n) is 3.86. The quantitative estimate of drug-likeness (QED) is 0.844. The van der Waals surface area contributed by atoms with Gasteiger partial charge in [0.15, 0.2) is 0 Å². The van der Waals surface area contributed by atoms with Crippen LogP contribution >= 0.6 is 15.9 Å². The predicted molar refractivity (Wildman–Crippen MR) is 58.0 cm³/mol. The third kappa shape index (κ3) is 1.04. The lowest BCUT2D eigenvalue weighted by Crippen LogP contribution is -2.18. The Labute approximate surface area is 90.0 Å². The van der Waals surface area contributed by atoms with Crippen molar-refractivity contribution in [1.82, 2.24) is 9.61 Å². The molecule has 1 aliphatic rings. The van der Waals surface area contributed by atoms with Gasteiger partial charge < -0.3 is 5.73 Å². The van der Waals surface area contributed by atoms with Crippen LogP contribution in [0, 0.1) is 0 Å². The van der Waals surface area contributed by atoms with E-state index in [1.54, 1.807) is 0 Å². The molecule has 2 aromatic rings.